The summed E-state index contributed by atoms with van der Waals surface area (Å²) >= 11 is 0. The number of rotatable bonds is 4. The normalized spacial score (nSPS) is 12.4. The minimum atomic E-state index is -0.553. The molecule has 2 rings (SSSR count). The maximum absolute atomic E-state index is 9.68. The molecular formula is C13H17N3O2. The third kappa shape index (κ3) is 2.87. The van der Waals surface area contributed by atoms with E-state index in [0.717, 1.165) is 16.8 Å². The first-order valence-electron chi connectivity index (χ1n) is 5.83. The Morgan fingerprint density at radius 3 is 2.83 bits per heavy atom. The number of hydrogen-bond donors (Lipinski definition) is 1. The van der Waals surface area contributed by atoms with Gasteiger partial charge in [-0.2, -0.15) is 0 Å². The van der Waals surface area contributed by atoms with E-state index >= 15 is 0 Å². The van der Waals surface area contributed by atoms with E-state index in [1.165, 1.54) is 0 Å². The van der Waals surface area contributed by atoms with Crippen molar-refractivity contribution in [1.29, 1.82) is 0 Å². The maximum atomic E-state index is 9.68. The van der Waals surface area contributed by atoms with Gasteiger partial charge in [-0.25, -0.2) is 0 Å². The molecule has 18 heavy (non-hydrogen) atoms. The minimum Gasteiger partial charge on any atom is -0.487 e. The van der Waals surface area contributed by atoms with Crippen LogP contribution in [0.15, 0.2) is 24.4 Å². The highest BCUT2D eigenvalue weighted by Gasteiger charge is 2.10. The van der Waals surface area contributed by atoms with Crippen LogP contribution in [0.4, 0.5) is 0 Å². The van der Waals surface area contributed by atoms with Crippen LogP contribution in [0, 0.1) is 6.92 Å². The van der Waals surface area contributed by atoms with Crippen molar-refractivity contribution in [3.8, 4) is 5.75 Å². The van der Waals surface area contributed by atoms with E-state index in [1.807, 2.05) is 32.2 Å². The van der Waals surface area contributed by atoms with Gasteiger partial charge in [-0.3, -0.25) is 4.68 Å². The molecule has 1 N–H and O–H groups in total. The molecule has 1 aromatic carbocycles. The van der Waals surface area contributed by atoms with E-state index in [-0.39, 0.29) is 0 Å². The largest absolute Gasteiger partial charge is 0.487 e. The lowest BCUT2D eigenvalue weighted by Crippen LogP contribution is -2.01. The average Bonchev–Trinajstić information content (AvgIpc) is 2.72. The van der Waals surface area contributed by atoms with E-state index in [4.69, 9.17) is 4.74 Å². The number of hydrogen-bond acceptors (Lipinski definition) is 4. The Morgan fingerprint density at radius 2 is 2.22 bits per heavy atom. The second kappa shape index (κ2) is 5.18. The van der Waals surface area contributed by atoms with Gasteiger partial charge < -0.3 is 9.84 Å². The smallest absolute Gasteiger partial charge is 0.134 e. The quantitative estimate of drug-likeness (QED) is 0.894. The molecule has 0 radical (unpaired) electrons. The molecule has 0 saturated heterocycles. The molecular weight excluding hydrogens is 230 g/mol. The second-order valence-electron chi connectivity index (χ2n) is 4.39. The fourth-order valence-electron chi connectivity index (χ4n) is 1.72. The van der Waals surface area contributed by atoms with Crippen molar-refractivity contribution in [1.82, 2.24) is 15.0 Å². The molecule has 0 fully saturated rings. The Bertz CT molecular complexity index is 535. The Labute approximate surface area is 106 Å². The fourth-order valence-corrected chi connectivity index (χ4v) is 1.72. The predicted molar refractivity (Wildman–Crippen MR) is 67.1 cm³/mol. The van der Waals surface area contributed by atoms with E-state index in [2.05, 4.69) is 10.3 Å². The first-order chi connectivity index (χ1) is 8.56. The van der Waals surface area contributed by atoms with Gasteiger partial charge in [0.2, 0.25) is 0 Å². The Balaban J connectivity index is 2.15. The molecule has 0 amide bonds. The molecule has 0 bridgehead atoms. The molecule has 96 valence electrons. The topological polar surface area (TPSA) is 60.2 Å². The molecule has 2 aromatic rings. The maximum Gasteiger partial charge on any atom is 0.134 e. The molecule has 0 spiro atoms. The summed E-state index contributed by atoms with van der Waals surface area (Å²) in [6, 6.07) is 5.75. The zero-order chi connectivity index (χ0) is 13.1. The summed E-state index contributed by atoms with van der Waals surface area (Å²) in [6.07, 6.45) is 1.25. The van der Waals surface area contributed by atoms with Crippen molar-refractivity contribution < 1.29 is 9.84 Å². The first-order valence-corrected chi connectivity index (χ1v) is 5.83. The predicted octanol–water partition coefficient (Wildman–Crippen LogP) is 1.76. The van der Waals surface area contributed by atoms with Gasteiger partial charge in [-0.1, -0.05) is 17.3 Å². The molecule has 0 aliphatic heterocycles. The molecule has 1 unspecified atom stereocenters. The van der Waals surface area contributed by atoms with Crippen LogP contribution in [0.25, 0.3) is 0 Å². The van der Waals surface area contributed by atoms with Crippen LogP contribution in [0.1, 0.15) is 29.8 Å². The molecule has 1 aromatic heterocycles. The van der Waals surface area contributed by atoms with E-state index in [0.29, 0.717) is 12.4 Å². The van der Waals surface area contributed by atoms with Crippen molar-refractivity contribution in [2.75, 3.05) is 0 Å². The van der Waals surface area contributed by atoms with Gasteiger partial charge in [0.1, 0.15) is 18.1 Å². The van der Waals surface area contributed by atoms with Gasteiger partial charge in [0.15, 0.2) is 0 Å². The molecule has 1 heterocycles. The van der Waals surface area contributed by atoms with Gasteiger partial charge in [0.05, 0.1) is 12.3 Å². The van der Waals surface area contributed by atoms with Crippen LogP contribution >= 0.6 is 0 Å². The number of ether oxygens (including phenoxy) is 1. The van der Waals surface area contributed by atoms with Crippen LogP contribution in [-0.4, -0.2) is 20.1 Å². The monoisotopic (exact) mass is 247 g/mol. The lowest BCUT2D eigenvalue weighted by atomic mass is 10.1. The van der Waals surface area contributed by atoms with Crippen LogP contribution < -0.4 is 4.74 Å². The van der Waals surface area contributed by atoms with Crippen LogP contribution in [-0.2, 0) is 13.7 Å². The third-order valence-electron chi connectivity index (χ3n) is 2.64. The number of aliphatic hydroxyl groups is 1. The lowest BCUT2D eigenvalue weighted by molar-refractivity contribution is 0.190. The Morgan fingerprint density at radius 1 is 1.44 bits per heavy atom. The fraction of sp³-hybridized carbons (Fsp3) is 0.385. The van der Waals surface area contributed by atoms with Crippen LogP contribution in [0.2, 0.25) is 0 Å². The summed E-state index contributed by atoms with van der Waals surface area (Å²) in [6.45, 7) is 4.05. The van der Waals surface area contributed by atoms with Gasteiger partial charge in [-0.15, -0.1) is 5.10 Å². The Hall–Kier alpha value is -1.88. The van der Waals surface area contributed by atoms with Gasteiger partial charge in [0.25, 0.3) is 0 Å². The molecule has 1 atom stereocenters. The zero-order valence-corrected chi connectivity index (χ0v) is 10.8. The second-order valence-corrected chi connectivity index (χ2v) is 4.39. The van der Waals surface area contributed by atoms with Crippen LogP contribution in [0.5, 0.6) is 5.75 Å². The van der Waals surface area contributed by atoms with Crippen molar-refractivity contribution >= 4 is 0 Å². The SMILES string of the molecule is Cc1ccc(C(C)O)c(OCc2cn(C)nn2)c1. The number of aryl methyl sites for hydroxylation is 2. The third-order valence-corrected chi connectivity index (χ3v) is 2.64. The summed E-state index contributed by atoms with van der Waals surface area (Å²) in [5.74, 6) is 0.690. The highest BCUT2D eigenvalue weighted by atomic mass is 16.5. The summed E-state index contributed by atoms with van der Waals surface area (Å²) in [7, 11) is 1.81. The van der Waals surface area contributed by atoms with Crippen molar-refractivity contribution in [2.45, 2.75) is 26.6 Å². The molecule has 0 aliphatic rings. The van der Waals surface area contributed by atoms with E-state index < -0.39 is 6.10 Å². The van der Waals surface area contributed by atoms with Gasteiger partial charge in [-0.05, 0) is 25.5 Å². The van der Waals surface area contributed by atoms with Gasteiger partial charge >= 0.3 is 0 Å². The first kappa shape index (κ1) is 12.6. The highest BCUT2D eigenvalue weighted by Crippen LogP contribution is 2.26. The van der Waals surface area contributed by atoms with E-state index in [9.17, 15) is 5.11 Å². The standard InChI is InChI=1S/C13H17N3O2/c1-9-4-5-12(10(2)17)13(6-9)18-8-11-7-16(3)15-14-11/h4-7,10,17H,8H2,1-3H3. The van der Waals surface area contributed by atoms with Crippen molar-refractivity contribution in [3.05, 3.63) is 41.2 Å². The number of nitrogens with zero attached hydrogens (tertiary/aromatic N) is 3. The summed E-state index contributed by atoms with van der Waals surface area (Å²) in [5, 5.41) is 17.5. The molecule has 0 aliphatic carbocycles. The Kier molecular flexibility index (Phi) is 3.62. The van der Waals surface area contributed by atoms with Gasteiger partial charge in [0, 0.05) is 12.6 Å². The molecule has 5 nitrogen and oxygen atoms in total. The van der Waals surface area contributed by atoms with E-state index in [1.54, 1.807) is 17.8 Å². The lowest BCUT2D eigenvalue weighted by Gasteiger charge is -2.13. The number of aromatic nitrogens is 3. The minimum absolute atomic E-state index is 0.344. The van der Waals surface area contributed by atoms with Crippen molar-refractivity contribution in [3.63, 3.8) is 0 Å². The summed E-state index contributed by atoms with van der Waals surface area (Å²) < 4.78 is 7.33. The number of benzene rings is 1. The summed E-state index contributed by atoms with van der Waals surface area (Å²) in [4.78, 5) is 0. The average molecular weight is 247 g/mol. The highest BCUT2D eigenvalue weighted by molar-refractivity contribution is 5.38. The summed E-state index contributed by atoms with van der Waals surface area (Å²) in [5.41, 5.74) is 2.63. The zero-order valence-electron chi connectivity index (χ0n) is 10.8. The van der Waals surface area contributed by atoms with Crippen LogP contribution in [0.3, 0.4) is 0 Å². The molecule has 0 saturated carbocycles. The molecule has 5 heteroatoms. The van der Waals surface area contributed by atoms with Crippen molar-refractivity contribution in [2.24, 2.45) is 7.05 Å². The number of aliphatic hydroxyl groups excluding tert-OH is 1.